The standard InChI is InChI=1S/C16H24ClNO/c1-16(2)8-11-18(12-9-16)10-7-15(19)13-5-3-4-6-14(13)17/h3-6,15,19H,7-12H2,1-2H3. The highest BCUT2D eigenvalue weighted by atomic mass is 35.5. The average Bonchev–Trinajstić information content (AvgIpc) is 2.38. The van der Waals surface area contributed by atoms with Crippen LogP contribution in [0, 0.1) is 5.41 Å². The van der Waals surface area contributed by atoms with E-state index in [-0.39, 0.29) is 0 Å². The van der Waals surface area contributed by atoms with Crippen LogP contribution in [-0.4, -0.2) is 29.6 Å². The molecule has 0 aliphatic carbocycles. The Balaban J connectivity index is 1.82. The van der Waals surface area contributed by atoms with Crippen molar-refractivity contribution in [3.63, 3.8) is 0 Å². The Bertz CT molecular complexity index is 409. The van der Waals surface area contributed by atoms with Gasteiger partial charge in [-0.1, -0.05) is 43.6 Å². The van der Waals surface area contributed by atoms with Crippen LogP contribution in [0.2, 0.25) is 5.02 Å². The van der Waals surface area contributed by atoms with E-state index in [4.69, 9.17) is 11.6 Å². The topological polar surface area (TPSA) is 23.5 Å². The first-order valence-corrected chi connectivity index (χ1v) is 7.51. The van der Waals surface area contributed by atoms with E-state index >= 15 is 0 Å². The summed E-state index contributed by atoms with van der Waals surface area (Å²) in [4.78, 5) is 2.45. The Hall–Kier alpha value is -0.570. The normalized spacial score (nSPS) is 21.3. The highest BCUT2D eigenvalue weighted by Crippen LogP contribution is 2.30. The maximum Gasteiger partial charge on any atom is 0.0816 e. The van der Waals surface area contributed by atoms with Crippen molar-refractivity contribution in [2.75, 3.05) is 19.6 Å². The Morgan fingerprint density at radius 2 is 1.89 bits per heavy atom. The zero-order chi connectivity index (χ0) is 13.9. The molecule has 1 fully saturated rings. The lowest BCUT2D eigenvalue weighted by atomic mass is 9.82. The highest BCUT2D eigenvalue weighted by Gasteiger charge is 2.25. The lowest BCUT2D eigenvalue weighted by molar-refractivity contribution is 0.101. The van der Waals surface area contributed by atoms with Crippen LogP contribution in [0.5, 0.6) is 0 Å². The van der Waals surface area contributed by atoms with Gasteiger partial charge in [0.15, 0.2) is 0 Å². The lowest BCUT2D eigenvalue weighted by Crippen LogP contribution is -2.38. The van der Waals surface area contributed by atoms with Crippen LogP contribution in [0.25, 0.3) is 0 Å². The van der Waals surface area contributed by atoms with Gasteiger partial charge in [-0.2, -0.15) is 0 Å². The summed E-state index contributed by atoms with van der Waals surface area (Å²) < 4.78 is 0. The minimum absolute atomic E-state index is 0.455. The van der Waals surface area contributed by atoms with Gasteiger partial charge in [-0.15, -0.1) is 0 Å². The maximum atomic E-state index is 10.2. The fourth-order valence-electron chi connectivity index (χ4n) is 2.59. The highest BCUT2D eigenvalue weighted by molar-refractivity contribution is 6.31. The predicted molar refractivity (Wildman–Crippen MR) is 80.5 cm³/mol. The van der Waals surface area contributed by atoms with Gasteiger partial charge in [0.25, 0.3) is 0 Å². The van der Waals surface area contributed by atoms with Gasteiger partial charge < -0.3 is 10.0 Å². The molecule has 1 N–H and O–H groups in total. The third kappa shape index (κ3) is 4.20. The number of benzene rings is 1. The lowest BCUT2D eigenvalue weighted by Gasteiger charge is -2.37. The molecule has 2 nitrogen and oxygen atoms in total. The summed E-state index contributed by atoms with van der Waals surface area (Å²) in [5.41, 5.74) is 1.33. The molecule has 1 saturated heterocycles. The smallest absolute Gasteiger partial charge is 0.0816 e. The molecule has 1 aliphatic heterocycles. The molecule has 106 valence electrons. The fraction of sp³-hybridized carbons (Fsp3) is 0.625. The van der Waals surface area contributed by atoms with Gasteiger partial charge in [-0.3, -0.25) is 0 Å². The Labute approximate surface area is 121 Å². The molecule has 2 rings (SSSR count). The van der Waals surface area contributed by atoms with E-state index in [1.54, 1.807) is 0 Å². The Kier molecular flexibility index (Phi) is 4.88. The van der Waals surface area contributed by atoms with Gasteiger partial charge in [0.2, 0.25) is 0 Å². The van der Waals surface area contributed by atoms with Crippen molar-refractivity contribution in [1.29, 1.82) is 0 Å². The molecule has 0 amide bonds. The van der Waals surface area contributed by atoms with Crippen LogP contribution in [0.15, 0.2) is 24.3 Å². The molecule has 0 radical (unpaired) electrons. The van der Waals surface area contributed by atoms with Crippen LogP contribution in [0.4, 0.5) is 0 Å². The number of nitrogens with zero attached hydrogens (tertiary/aromatic N) is 1. The fourth-order valence-corrected chi connectivity index (χ4v) is 2.85. The van der Waals surface area contributed by atoms with Crippen molar-refractivity contribution in [2.24, 2.45) is 5.41 Å². The van der Waals surface area contributed by atoms with E-state index < -0.39 is 6.10 Å². The van der Waals surface area contributed by atoms with Crippen molar-refractivity contribution in [1.82, 2.24) is 4.90 Å². The van der Waals surface area contributed by atoms with Gasteiger partial charge in [0.05, 0.1) is 6.10 Å². The number of rotatable bonds is 4. The van der Waals surface area contributed by atoms with Crippen molar-refractivity contribution in [2.45, 2.75) is 39.2 Å². The summed E-state index contributed by atoms with van der Waals surface area (Å²) in [5.74, 6) is 0. The van der Waals surface area contributed by atoms with E-state index in [9.17, 15) is 5.11 Å². The van der Waals surface area contributed by atoms with E-state index in [1.165, 1.54) is 12.8 Å². The summed E-state index contributed by atoms with van der Waals surface area (Å²) in [5, 5.41) is 10.9. The third-order valence-corrected chi connectivity index (χ3v) is 4.54. The van der Waals surface area contributed by atoms with Gasteiger partial charge in [0.1, 0.15) is 0 Å². The number of hydrogen-bond acceptors (Lipinski definition) is 2. The van der Waals surface area contributed by atoms with Crippen molar-refractivity contribution in [3.05, 3.63) is 34.9 Å². The van der Waals surface area contributed by atoms with Gasteiger partial charge in [0, 0.05) is 11.6 Å². The second-order valence-corrected chi connectivity index (χ2v) is 6.74. The van der Waals surface area contributed by atoms with Gasteiger partial charge >= 0.3 is 0 Å². The van der Waals surface area contributed by atoms with Gasteiger partial charge in [-0.25, -0.2) is 0 Å². The van der Waals surface area contributed by atoms with E-state index in [1.807, 2.05) is 24.3 Å². The molecular weight excluding hydrogens is 258 g/mol. The van der Waals surface area contributed by atoms with Crippen LogP contribution in [0.3, 0.4) is 0 Å². The second-order valence-electron chi connectivity index (χ2n) is 6.33. The number of likely N-dealkylation sites (tertiary alicyclic amines) is 1. The average molecular weight is 282 g/mol. The molecule has 1 aromatic rings. The zero-order valence-electron chi connectivity index (χ0n) is 11.9. The molecule has 0 saturated carbocycles. The first kappa shape index (κ1) is 14.8. The molecule has 1 atom stereocenters. The number of aliphatic hydroxyl groups excluding tert-OH is 1. The third-order valence-electron chi connectivity index (χ3n) is 4.19. The summed E-state index contributed by atoms with van der Waals surface area (Å²) >= 11 is 6.10. The molecule has 1 aromatic carbocycles. The van der Waals surface area contributed by atoms with Crippen LogP contribution >= 0.6 is 11.6 Å². The van der Waals surface area contributed by atoms with Crippen LogP contribution in [0.1, 0.15) is 44.8 Å². The zero-order valence-corrected chi connectivity index (χ0v) is 12.7. The minimum Gasteiger partial charge on any atom is -0.388 e. The molecular formula is C16H24ClNO. The first-order valence-electron chi connectivity index (χ1n) is 7.13. The number of aliphatic hydroxyl groups is 1. The SMILES string of the molecule is CC1(C)CCN(CCC(O)c2ccccc2Cl)CC1. The maximum absolute atomic E-state index is 10.2. The number of halogens is 1. The monoisotopic (exact) mass is 281 g/mol. The molecule has 1 heterocycles. The van der Waals surface area contributed by atoms with Crippen LogP contribution in [-0.2, 0) is 0 Å². The number of piperidine rings is 1. The Morgan fingerprint density at radius 3 is 2.53 bits per heavy atom. The van der Waals surface area contributed by atoms with Crippen molar-refractivity contribution < 1.29 is 5.11 Å². The largest absolute Gasteiger partial charge is 0.388 e. The molecule has 0 bridgehead atoms. The predicted octanol–water partition coefficient (Wildman–Crippen LogP) is 3.89. The van der Waals surface area contributed by atoms with Crippen molar-refractivity contribution in [3.8, 4) is 0 Å². The quantitative estimate of drug-likeness (QED) is 0.905. The first-order chi connectivity index (χ1) is 8.98. The van der Waals surface area contributed by atoms with Gasteiger partial charge in [-0.05, 0) is 49.4 Å². The molecule has 1 unspecified atom stereocenters. The minimum atomic E-state index is -0.455. The summed E-state index contributed by atoms with van der Waals surface area (Å²) in [6, 6.07) is 7.56. The molecule has 19 heavy (non-hydrogen) atoms. The summed E-state index contributed by atoms with van der Waals surface area (Å²) in [6.45, 7) is 7.90. The van der Waals surface area contributed by atoms with Crippen LogP contribution < -0.4 is 0 Å². The van der Waals surface area contributed by atoms with E-state index in [0.717, 1.165) is 31.6 Å². The van der Waals surface area contributed by atoms with E-state index in [0.29, 0.717) is 10.4 Å². The molecule has 0 aromatic heterocycles. The Morgan fingerprint density at radius 1 is 1.26 bits per heavy atom. The summed E-state index contributed by atoms with van der Waals surface area (Å²) in [6.07, 6.45) is 2.79. The second kappa shape index (κ2) is 6.25. The van der Waals surface area contributed by atoms with E-state index in [2.05, 4.69) is 18.7 Å². The molecule has 1 aliphatic rings. The number of hydrogen-bond donors (Lipinski definition) is 1. The summed E-state index contributed by atoms with van der Waals surface area (Å²) in [7, 11) is 0. The molecule has 0 spiro atoms. The van der Waals surface area contributed by atoms with Crippen molar-refractivity contribution >= 4 is 11.6 Å². The molecule has 3 heteroatoms.